The second kappa shape index (κ2) is 7.01. The van der Waals surface area contributed by atoms with Crippen LogP contribution in [-0.2, 0) is 4.74 Å². The van der Waals surface area contributed by atoms with Gasteiger partial charge < -0.3 is 9.47 Å². The Morgan fingerprint density at radius 1 is 1.41 bits per heavy atom. The number of ether oxygens (including phenoxy) is 2. The van der Waals surface area contributed by atoms with Crippen molar-refractivity contribution in [2.24, 2.45) is 0 Å². The highest BCUT2D eigenvalue weighted by molar-refractivity contribution is 5.97. The Hall–Kier alpha value is -1.42. The van der Waals surface area contributed by atoms with E-state index in [9.17, 15) is 9.18 Å². The van der Waals surface area contributed by atoms with Crippen LogP contribution in [0.25, 0.3) is 0 Å². The van der Waals surface area contributed by atoms with Crippen molar-refractivity contribution in [2.45, 2.75) is 19.8 Å². The third-order valence-electron chi connectivity index (χ3n) is 2.35. The van der Waals surface area contributed by atoms with Crippen LogP contribution < -0.4 is 4.74 Å². The van der Waals surface area contributed by atoms with Crippen molar-refractivity contribution in [3.63, 3.8) is 0 Å². The van der Waals surface area contributed by atoms with Crippen molar-refractivity contribution < 1.29 is 18.7 Å². The lowest BCUT2D eigenvalue weighted by Crippen LogP contribution is -2.11. The summed E-state index contributed by atoms with van der Waals surface area (Å²) in [5.74, 6) is -0.448. The molecule has 3 nitrogen and oxygen atoms in total. The van der Waals surface area contributed by atoms with E-state index in [0.29, 0.717) is 12.4 Å². The van der Waals surface area contributed by atoms with Gasteiger partial charge in [0, 0.05) is 6.61 Å². The lowest BCUT2D eigenvalue weighted by atomic mass is 10.1. The highest BCUT2D eigenvalue weighted by atomic mass is 19.1. The van der Waals surface area contributed by atoms with Crippen LogP contribution in [0.2, 0.25) is 0 Å². The largest absolute Gasteiger partial charge is 0.497 e. The summed E-state index contributed by atoms with van der Waals surface area (Å²) in [7, 11) is 1.47. The molecule has 0 heterocycles. The Morgan fingerprint density at radius 2 is 2.18 bits per heavy atom. The quantitative estimate of drug-likeness (QED) is 0.543. The minimum absolute atomic E-state index is 0.0147. The fourth-order valence-electron chi connectivity index (χ4n) is 1.33. The molecule has 0 bridgehead atoms. The van der Waals surface area contributed by atoms with Crippen molar-refractivity contribution in [1.29, 1.82) is 0 Å². The van der Waals surface area contributed by atoms with Crippen LogP contribution in [0.15, 0.2) is 18.2 Å². The van der Waals surface area contributed by atoms with Crippen LogP contribution in [0.4, 0.5) is 4.39 Å². The molecular formula is C13H17FO3. The number of hydrogen-bond acceptors (Lipinski definition) is 3. The Kier molecular flexibility index (Phi) is 5.63. The second-order valence-electron chi connectivity index (χ2n) is 3.68. The Bertz CT molecular complexity index is 377. The SMILES string of the molecule is CCCCOCC(=O)c1cc(OC)ccc1F. The van der Waals surface area contributed by atoms with Crippen molar-refractivity contribution in [2.75, 3.05) is 20.3 Å². The van der Waals surface area contributed by atoms with Gasteiger partial charge >= 0.3 is 0 Å². The first-order valence-electron chi connectivity index (χ1n) is 5.63. The molecule has 0 spiro atoms. The van der Waals surface area contributed by atoms with Crippen LogP contribution in [0.3, 0.4) is 0 Å². The van der Waals surface area contributed by atoms with Crippen molar-refractivity contribution >= 4 is 5.78 Å². The molecule has 1 aromatic rings. The Labute approximate surface area is 101 Å². The summed E-state index contributed by atoms with van der Waals surface area (Å²) in [5.41, 5.74) is 0.0147. The normalized spacial score (nSPS) is 10.3. The minimum atomic E-state index is -0.546. The molecule has 0 atom stereocenters. The van der Waals surface area contributed by atoms with Gasteiger partial charge in [0.2, 0.25) is 0 Å². The summed E-state index contributed by atoms with van der Waals surface area (Å²) < 4.78 is 23.5. The van der Waals surface area contributed by atoms with Gasteiger partial charge in [-0.15, -0.1) is 0 Å². The van der Waals surface area contributed by atoms with Crippen LogP contribution in [0, 0.1) is 5.82 Å². The van der Waals surface area contributed by atoms with Gasteiger partial charge in [0.1, 0.15) is 18.2 Å². The topological polar surface area (TPSA) is 35.5 Å². The molecule has 0 unspecified atom stereocenters. The number of ketones is 1. The number of unbranched alkanes of at least 4 members (excludes halogenated alkanes) is 1. The van der Waals surface area contributed by atoms with E-state index in [1.54, 1.807) is 0 Å². The number of Topliss-reactive ketones (excluding diaryl/α,β-unsaturated/α-hetero) is 1. The molecule has 0 saturated carbocycles. The fraction of sp³-hybridized carbons (Fsp3) is 0.462. The zero-order chi connectivity index (χ0) is 12.7. The number of rotatable bonds is 7. The highest BCUT2D eigenvalue weighted by Crippen LogP contribution is 2.17. The van der Waals surface area contributed by atoms with Gasteiger partial charge in [-0.1, -0.05) is 13.3 Å². The van der Waals surface area contributed by atoms with Gasteiger partial charge in [-0.3, -0.25) is 4.79 Å². The summed E-state index contributed by atoms with van der Waals surface area (Å²) in [5, 5.41) is 0. The summed E-state index contributed by atoms with van der Waals surface area (Å²) in [6.07, 6.45) is 1.90. The average molecular weight is 240 g/mol. The van der Waals surface area contributed by atoms with Gasteiger partial charge in [-0.25, -0.2) is 4.39 Å². The molecule has 1 aromatic carbocycles. The first kappa shape index (κ1) is 13.6. The number of carbonyl (C=O) groups excluding carboxylic acids is 1. The number of hydrogen-bond donors (Lipinski definition) is 0. The first-order valence-corrected chi connectivity index (χ1v) is 5.63. The molecule has 0 radical (unpaired) electrons. The molecule has 4 heteroatoms. The zero-order valence-electron chi connectivity index (χ0n) is 10.2. The molecule has 0 amide bonds. The molecule has 0 fully saturated rings. The van der Waals surface area contributed by atoms with Gasteiger partial charge in [-0.05, 0) is 24.6 Å². The first-order chi connectivity index (χ1) is 8.19. The van der Waals surface area contributed by atoms with Gasteiger partial charge in [-0.2, -0.15) is 0 Å². The lowest BCUT2D eigenvalue weighted by Gasteiger charge is -2.06. The van der Waals surface area contributed by atoms with Crippen LogP contribution in [0.5, 0.6) is 5.75 Å². The average Bonchev–Trinajstić information content (AvgIpc) is 2.35. The van der Waals surface area contributed by atoms with E-state index in [-0.39, 0.29) is 18.0 Å². The molecule has 0 saturated heterocycles. The van der Waals surface area contributed by atoms with E-state index < -0.39 is 5.82 Å². The van der Waals surface area contributed by atoms with Crippen molar-refractivity contribution in [3.05, 3.63) is 29.6 Å². The third-order valence-corrected chi connectivity index (χ3v) is 2.35. The van der Waals surface area contributed by atoms with Crippen LogP contribution >= 0.6 is 0 Å². The van der Waals surface area contributed by atoms with Crippen LogP contribution in [0.1, 0.15) is 30.1 Å². The second-order valence-corrected chi connectivity index (χ2v) is 3.68. The van der Waals surface area contributed by atoms with Crippen molar-refractivity contribution in [1.82, 2.24) is 0 Å². The highest BCUT2D eigenvalue weighted by Gasteiger charge is 2.12. The van der Waals surface area contributed by atoms with Crippen LogP contribution in [-0.4, -0.2) is 26.1 Å². The van der Waals surface area contributed by atoms with E-state index in [0.717, 1.165) is 12.8 Å². The van der Waals surface area contributed by atoms with Gasteiger partial charge in [0.05, 0.1) is 12.7 Å². The van der Waals surface area contributed by atoms with Gasteiger partial charge in [0.25, 0.3) is 0 Å². The maximum Gasteiger partial charge on any atom is 0.191 e. The summed E-state index contributed by atoms with van der Waals surface area (Å²) in [4.78, 5) is 11.7. The fourth-order valence-corrected chi connectivity index (χ4v) is 1.33. The number of halogens is 1. The molecule has 0 aliphatic heterocycles. The zero-order valence-corrected chi connectivity index (χ0v) is 10.2. The van der Waals surface area contributed by atoms with E-state index in [1.807, 2.05) is 6.92 Å². The summed E-state index contributed by atoms with van der Waals surface area (Å²) >= 11 is 0. The summed E-state index contributed by atoms with van der Waals surface area (Å²) in [6, 6.07) is 4.09. The molecule has 1 rings (SSSR count). The van der Waals surface area contributed by atoms with Crippen molar-refractivity contribution in [3.8, 4) is 5.75 Å². The van der Waals surface area contributed by atoms with Gasteiger partial charge in [0.15, 0.2) is 5.78 Å². The van der Waals surface area contributed by atoms with E-state index >= 15 is 0 Å². The number of benzene rings is 1. The molecule has 94 valence electrons. The monoisotopic (exact) mass is 240 g/mol. The van der Waals surface area contributed by atoms with E-state index in [2.05, 4.69) is 0 Å². The predicted octanol–water partition coefficient (Wildman–Crippen LogP) is 2.83. The molecule has 0 N–H and O–H groups in total. The lowest BCUT2D eigenvalue weighted by molar-refractivity contribution is 0.0750. The minimum Gasteiger partial charge on any atom is -0.497 e. The Balaban J connectivity index is 2.61. The third kappa shape index (κ3) is 4.15. The van der Waals surface area contributed by atoms with E-state index in [1.165, 1.54) is 25.3 Å². The molecule has 0 aliphatic rings. The standard InChI is InChI=1S/C13H17FO3/c1-3-4-7-17-9-13(15)11-8-10(16-2)5-6-12(11)14/h5-6,8H,3-4,7,9H2,1-2H3. The number of carbonyl (C=O) groups is 1. The molecular weight excluding hydrogens is 223 g/mol. The summed E-state index contributed by atoms with van der Waals surface area (Å²) in [6.45, 7) is 2.46. The maximum atomic E-state index is 13.4. The smallest absolute Gasteiger partial charge is 0.191 e. The maximum absolute atomic E-state index is 13.4. The Morgan fingerprint density at radius 3 is 2.82 bits per heavy atom. The molecule has 17 heavy (non-hydrogen) atoms. The predicted molar refractivity (Wildman–Crippen MR) is 63.0 cm³/mol. The number of methoxy groups -OCH3 is 1. The molecule has 0 aliphatic carbocycles. The molecule has 0 aromatic heterocycles. The van der Waals surface area contributed by atoms with E-state index in [4.69, 9.17) is 9.47 Å².